The molecule has 1 aliphatic rings. The molecule has 1 heterocycles. The molecule has 0 radical (unpaired) electrons. The summed E-state index contributed by atoms with van der Waals surface area (Å²) in [6.07, 6.45) is 0.722. The average molecular weight is 385 g/mol. The molecule has 0 saturated carbocycles. The zero-order valence-corrected chi connectivity index (χ0v) is 16.2. The van der Waals surface area contributed by atoms with E-state index < -0.39 is 7.26 Å². The lowest BCUT2D eigenvalue weighted by molar-refractivity contribution is -0.0223. The summed E-state index contributed by atoms with van der Waals surface area (Å²) in [6.45, 7) is 1.37. The first-order valence-electron chi connectivity index (χ1n) is 8.68. The summed E-state index contributed by atoms with van der Waals surface area (Å²) in [5.74, 6) is 0. The Labute approximate surface area is 161 Å². The first kappa shape index (κ1) is 19.1. The Kier molecular flexibility index (Phi) is 6.45. The number of rotatable bonds is 5. The van der Waals surface area contributed by atoms with E-state index in [1.807, 2.05) is 0 Å². The van der Waals surface area contributed by atoms with Gasteiger partial charge < -0.3 is 21.9 Å². The van der Waals surface area contributed by atoms with Crippen molar-refractivity contribution in [2.75, 3.05) is 19.4 Å². The molecule has 0 aliphatic carbocycles. The SMILES string of the molecule is [Cl-].c1ccc([P+](CC2OCCO2)(c2ccccc2)c2ccccc2)cc1. The van der Waals surface area contributed by atoms with Gasteiger partial charge in [-0.3, -0.25) is 0 Å². The minimum absolute atomic E-state index is 0. The average Bonchev–Trinajstić information content (AvgIpc) is 3.21. The van der Waals surface area contributed by atoms with Crippen molar-refractivity contribution in [1.82, 2.24) is 0 Å². The summed E-state index contributed by atoms with van der Waals surface area (Å²) in [7, 11) is -1.85. The normalized spacial score (nSPS) is 14.8. The quantitative estimate of drug-likeness (QED) is 0.591. The van der Waals surface area contributed by atoms with Crippen LogP contribution in [0.25, 0.3) is 0 Å². The predicted molar refractivity (Wildman–Crippen MR) is 106 cm³/mol. The van der Waals surface area contributed by atoms with Gasteiger partial charge >= 0.3 is 0 Å². The molecule has 0 bridgehead atoms. The van der Waals surface area contributed by atoms with Gasteiger partial charge in [0.2, 0.25) is 0 Å². The molecule has 1 fully saturated rings. The van der Waals surface area contributed by atoms with Crippen LogP contribution in [0.2, 0.25) is 0 Å². The second-order valence-electron chi connectivity index (χ2n) is 6.17. The maximum absolute atomic E-state index is 5.88. The van der Waals surface area contributed by atoms with Gasteiger partial charge in [0, 0.05) is 0 Å². The zero-order valence-electron chi connectivity index (χ0n) is 14.5. The molecule has 3 aromatic carbocycles. The zero-order chi connectivity index (χ0) is 17.0. The van der Waals surface area contributed by atoms with E-state index in [0.29, 0.717) is 13.2 Å². The summed E-state index contributed by atoms with van der Waals surface area (Å²) in [5.41, 5.74) is 0. The second kappa shape index (κ2) is 8.79. The van der Waals surface area contributed by atoms with Crippen LogP contribution in [0.1, 0.15) is 0 Å². The van der Waals surface area contributed by atoms with Crippen LogP contribution < -0.4 is 28.3 Å². The molecule has 0 atom stereocenters. The topological polar surface area (TPSA) is 18.5 Å². The highest BCUT2D eigenvalue weighted by molar-refractivity contribution is 7.95. The summed E-state index contributed by atoms with van der Waals surface area (Å²) < 4.78 is 11.8. The molecule has 4 rings (SSSR count). The highest BCUT2D eigenvalue weighted by Crippen LogP contribution is 2.56. The first-order chi connectivity index (χ1) is 12.4. The van der Waals surface area contributed by atoms with Crippen molar-refractivity contribution in [3.63, 3.8) is 0 Å². The van der Waals surface area contributed by atoms with E-state index in [9.17, 15) is 0 Å². The molecule has 0 unspecified atom stereocenters. The smallest absolute Gasteiger partial charge is 0.192 e. The maximum atomic E-state index is 5.88. The largest absolute Gasteiger partial charge is 1.00 e. The standard InChI is InChI=1S/C22H22O2P.ClH/c1-4-10-19(11-5-1)25(18-22-23-16-17-24-22,20-12-6-2-7-13-20)21-14-8-3-9-15-21;/h1-15,22H,16-18H2;1H/q+1;/p-1. The molecule has 0 aromatic heterocycles. The second-order valence-corrected chi connectivity index (χ2v) is 9.70. The number of benzene rings is 3. The van der Waals surface area contributed by atoms with Crippen LogP contribution in [0.15, 0.2) is 91.0 Å². The lowest BCUT2D eigenvalue weighted by Crippen LogP contribution is -3.00. The molecular formula is C22H22ClO2P. The van der Waals surface area contributed by atoms with Gasteiger partial charge in [-0.25, -0.2) is 0 Å². The third kappa shape index (κ3) is 3.70. The van der Waals surface area contributed by atoms with E-state index in [4.69, 9.17) is 9.47 Å². The predicted octanol–water partition coefficient (Wildman–Crippen LogP) is 0.357. The number of hydrogen-bond donors (Lipinski definition) is 0. The minimum atomic E-state index is -1.85. The molecule has 1 saturated heterocycles. The molecular weight excluding hydrogens is 363 g/mol. The highest BCUT2D eigenvalue weighted by Gasteiger charge is 2.48. The van der Waals surface area contributed by atoms with Crippen molar-refractivity contribution in [1.29, 1.82) is 0 Å². The van der Waals surface area contributed by atoms with E-state index in [1.54, 1.807) is 0 Å². The summed E-state index contributed by atoms with van der Waals surface area (Å²) in [6, 6.07) is 32.5. The van der Waals surface area contributed by atoms with Crippen molar-refractivity contribution in [2.24, 2.45) is 0 Å². The van der Waals surface area contributed by atoms with Crippen molar-refractivity contribution in [2.45, 2.75) is 6.29 Å². The van der Waals surface area contributed by atoms with Crippen molar-refractivity contribution < 1.29 is 21.9 Å². The van der Waals surface area contributed by atoms with Crippen molar-refractivity contribution in [3.8, 4) is 0 Å². The fraction of sp³-hybridized carbons (Fsp3) is 0.182. The summed E-state index contributed by atoms with van der Waals surface area (Å²) in [4.78, 5) is 0. The Morgan fingerprint density at radius 1 is 0.615 bits per heavy atom. The molecule has 0 amide bonds. The van der Waals surface area contributed by atoms with E-state index in [1.165, 1.54) is 15.9 Å². The maximum Gasteiger partial charge on any atom is 0.192 e. The Morgan fingerprint density at radius 2 is 0.962 bits per heavy atom. The van der Waals surface area contributed by atoms with Gasteiger partial charge in [-0.15, -0.1) is 0 Å². The summed E-state index contributed by atoms with van der Waals surface area (Å²) >= 11 is 0. The number of hydrogen-bond acceptors (Lipinski definition) is 2. The Hall–Kier alpha value is -1.70. The monoisotopic (exact) mass is 384 g/mol. The Morgan fingerprint density at radius 3 is 1.31 bits per heavy atom. The van der Waals surface area contributed by atoms with Crippen LogP contribution in [0.3, 0.4) is 0 Å². The molecule has 0 spiro atoms. The van der Waals surface area contributed by atoms with Crippen molar-refractivity contribution in [3.05, 3.63) is 91.0 Å². The molecule has 3 aromatic rings. The third-order valence-corrected chi connectivity index (χ3v) is 9.09. The van der Waals surface area contributed by atoms with Gasteiger partial charge in [0.1, 0.15) is 29.3 Å². The molecule has 1 aliphatic heterocycles. The lowest BCUT2D eigenvalue weighted by Gasteiger charge is -2.29. The molecule has 2 nitrogen and oxygen atoms in total. The van der Waals surface area contributed by atoms with E-state index in [-0.39, 0.29) is 18.7 Å². The van der Waals surface area contributed by atoms with Crippen LogP contribution in [0, 0.1) is 0 Å². The minimum Gasteiger partial charge on any atom is -1.00 e. The van der Waals surface area contributed by atoms with E-state index >= 15 is 0 Å². The first-order valence-corrected chi connectivity index (χ1v) is 10.7. The van der Waals surface area contributed by atoms with Crippen LogP contribution in [0.5, 0.6) is 0 Å². The fourth-order valence-electron chi connectivity index (χ4n) is 3.55. The molecule has 0 N–H and O–H groups in total. The fourth-order valence-corrected chi connectivity index (χ4v) is 7.78. The third-order valence-electron chi connectivity index (χ3n) is 4.70. The Balaban J connectivity index is 0.00000196. The highest BCUT2D eigenvalue weighted by atomic mass is 35.5. The van der Waals surface area contributed by atoms with Gasteiger partial charge in [0.25, 0.3) is 0 Å². The number of ether oxygens (including phenoxy) is 2. The van der Waals surface area contributed by atoms with Gasteiger partial charge in [0.15, 0.2) is 6.29 Å². The van der Waals surface area contributed by atoms with Crippen LogP contribution >= 0.6 is 7.26 Å². The van der Waals surface area contributed by atoms with Crippen molar-refractivity contribution >= 4 is 23.2 Å². The lowest BCUT2D eigenvalue weighted by atomic mass is 10.4. The molecule has 4 heteroatoms. The van der Waals surface area contributed by atoms with Gasteiger partial charge in [0.05, 0.1) is 13.2 Å². The van der Waals surface area contributed by atoms with Gasteiger partial charge in [-0.05, 0) is 36.4 Å². The van der Waals surface area contributed by atoms with E-state index in [2.05, 4.69) is 91.0 Å². The van der Waals surface area contributed by atoms with Crippen LogP contribution in [-0.4, -0.2) is 25.7 Å². The molecule has 26 heavy (non-hydrogen) atoms. The van der Waals surface area contributed by atoms with E-state index in [0.717, 1.165) is 6.16 Å². The Bertz CT molecular complexity index is 693. The summed E-state index contributed by atoms with van der Waals surface area (Å²) in [5, 5.41) is 4.10. The van der Waals surface area contributed by atoms with Gasteiger partial charge in [-0.1, -0.05) is 54.6 Å². The molecule has 134 valence electrons. The van der Waals surface area contributed by atoms with Crippen LogP contribution in [0.4, 0.5) is 0 Å². The van der Waals surface area contributed by atoms with Crippen LogP contribution in [-0.2, 0) is 9.47 Å². The van der Waals surface area contributed by atoms with Gasteiger partial charge in [-0.2, -0.15) is 0 Å². The number of halogens is 1.